The van der Waals surface area contributed by atoms with Gasteiger partial charge in [0.15, 0.2) is 0 Å². The van der Waals surface area contributed by atoms with Crippen LogP contribution in [0.15, 0.2) is 5.51 Å². The normalized spacial score (nSPS) is 19.8. The van der Waals surface area contributed by atoms with E-state index in [4.69, 9.17) is 0 Å². The first-order valence-corrected chi connectivity index (χ1v) is 5.95. The van der Waals surface area contributed by atoms with Crippen LogP contribution in [0.1, 0.15) is 28.2 Å². The van der Waals surface area contributed by atoms with Gasteiger partial charge in [0, 0.05) is 25.9 Å². The molecule has 1 aromatic rings. The minimum Gasteiger partial charge on any atom is -0.337 e. The molecule has 16 heavy (non-hydrogen) atoms. The number of carbonyl (C=O) groups is 1. The Bertz CT molecular complexity index is 395. The van der Waals surface area contributed by atoms with Crippen molar-refractivity contribution in [3.8, 4) is 0 Å². The average molecular weight is 246 g/mol. The molecule has 1 aliphatic heterocycles. The van der Waals surface area contributed by atoms with Crippen LogP contribution in [0.4, 0.5) is 8.78 Å². The van der Waals surface area contributed by atoms with Gasteiger partial charge in [0.05, 0.1) is 11.2 Å². The van der Waals surface area contributed by atoms with E-state index >= 15 is 0 Å². The van der Waals surface area contributed by atoms with Crippen molar-refractivity contribution in [1.29, 1.82) is 0 Å². The van der Waals surface area contributed by atoms with Gasteiger partial charge in [-0.3, -0.25) is 4.79 Å². The number of rotatable bonds is 1. The second-order valence-corrected chi connectivity index (χ2v) is 4.77. The highest BCUT2D eigenvalue weighted by atomic mass is 32.1. The molecule has 2 rings (SSSR count). The molecule has 0 radical (unpaired) electrons. The van der Waals surface area contributed by atoms with E-state index < -0.39 is 5.92 Å². The number of hydrogen-bond donors (Lipinski definition) is 0. The molecular formula is C10H12F2N2OS. The summed E-state index contributed by atoms with van der Waals surface area (Å²) in [5, 5.41) is 0. The highest BCUT2D eigenvalue weighted by molar-refractivity contribution is 7.11. The van der Waals surface area contributed by atoms with E-state index in [1.165, 1.54) is 16.2 Å². The zero-order valence-corrected chi connectivity index (χ0v) is 9.69. The lowest BCUT2D eigenvalue weighted by Crippen LogP contribution is -2.42. The Kier molecular flexibility index (Phi) is 2.92. The van der Waals surface area contributed by atoms with Crippen LogP contribution >= 0.6 is 11.3 Å². The molecule has 1 aromatic heterocycles. The van der Waals surface area contributed by atoms with Crippen LogP contribution in [0.5, 0.6) is 0 Å². The van der Waals surface area contributed by atoms with Crippen LogP contribution in [0.3, 0.4) is 0 Å². The number of alkyl halides is 2. The molecule has 0 unspecified atom stereocenters. The molecule has 1 aliphatic rings. The summed E-state index contributed by atoms with van der Waals surface area (Å²) in [4.78, 5) is 18.0. The van der Waals surface area contributed by atoms with E-state index in [2.05, 4.69) is 4.98 Å². The third-order valence-corrected chi connectivity index (χ3v) is 3.64. The van der Waals surface area contributed by atoms with E-state index in [-0.39, 0.29) is 31.8 Å². The molecule has 0 N–H and O–H groups in total. The maximum Gasteiger partial charge on any atom is 0.265 e. The number of carbonyl (C=O) groups excluding carboxylic acids is 1. The SMILES string of the molecule is Cc1ncsc1C(=O)N1CCC(F)(F)CC1. The van der Waals surface area contributed by atoms with E-state index in [0.717, 1.165) is 0 Å². The number of thiazole rings is 1. The first-order chi connectivity index (χ1) is 7.49. The molecule has 0 aliphatic carbocycles. The van der Waals surface area contributed by atoms with Crippen LogP contribution in [0, 0.1) is 6.92 Å². The summed E-state index contributed by atoms with van der Waals surface area (Å²) in [5.74, 6) is -2.78. The van der Waals surface area contributed by atoms with Crippen molar-refractivity contribution in [2.24, 2.45) is 0 Å². The molecule has 6 heteroatoms. The molecule has 88 valence electrons. The van der Waals surface area contributed by atoms with Gasteiger partial charge in [0.1, 0.15) is 4.88 Å². The van der Waals surface area contributed by atoms with Crippen LogP contribution in [-0.2, 0) is 0 Å². The van der Waals surface area contributed by atoms with Gasteiger partial charge in [-0.25, -0.2) is 13.8 Å². The molecule has 0 saturated carbocycles. The molecular weight excluding hydrogens is 234 g/mol. The van der Waals surface area contributed by atoms with E-state index in [9.17, 15) is 13.6 Å². The third-order valence-electron chi connectivity index (χ3n) is 2.72. The van der Waals surface area contributed by atoms with Gasteiger partial charge < -0.3 is 4.90 Å². The fourth-order valence-corrected chi connectivity index (χ4v) is 2.46. The lowest BCUT2D eigenvalue weighted by molar-refractivity contribution is -0.0493. The summed E-state index contributed by atoms with van der Waals surface area (Å²) in [6, 6.07) is 0. The van der Waals surface area contributed by atoms with Gasteiger partial charge in [-0.2, -0.15) is 0 Å². The molecule has 0 aromatic carbocycles. The molecule has 1 amide bonds. The van der Waals surface area contributed by atoms with Crippen molar-refractivity contribution >= 4 is 17.2 Å². The Morgan fingerprint density at radius 3 is 2.62 bits per heavy atom. The summed E-state index contributed by atoms with van der Waals surface area (Å²) in [5.41, 5.74) is 2.27. The monoisotopic (exact) mass is 246 g/mol. The van der Waals surface area contributed by atoms with Gasteiger partial charge >= 0.3 is 0 Å². The molecule has 0 spiro atoms. The molecule has 0 bridgehead atoms. The number of likely N-dealkylation sites (tertiary alicyclic amines) is 1. The Balaban J connectivity index is 2.05. The highest BCUT2D eigenvalue weighted by Gasteiger charge is 2.36. The zero-order valence-electron chi connectivity index (χ0n) is 8.87. The maximum absolute atomic E-state index is 12.9. The Hall–Kier alpha value is -1.04. The molecule has 1 fully saturated rings. The van der Waals surface area contributed by atoms with Gasteiger partial charge in [0.2, 0.25) is 0 Å². The number of halogens is 2. The van der Waals surface area contributed by atoms with Crippen molar-refractivity contribution in [3.63, 3.8) is 0 Å². The fraction of sp³-hybridized carbons (Fsp3) is 0.600. The minimum absolute atomic E-state index is 0.128. The number of aromatic nitrogens is 1. The van der Waals surface area contributed by atoms with Crippen molar-refractivity contribution in [2.75, 3.05) is 13.1 Å². The number of aryl methyl sites for hydroxylation is 1. The fourth-order valence-electron chi connectivity index (χ4n) is 1.69. The van der Waals surface area contributed by atoms with E-state index in [0.29, 0.717) is 10.6 Å². The standard InChI is InChI=1S/C10H12F2N2OS/c1-7-8(16-6-13-7)9(15)14-4-2-10(11,12)3-5-14/h6H,2-5H2,1H3. The van der Waals surface area contributed by atoms with Gasteiger partial charge in [-0.15, -0.1) is 11.3 Å². The number of amides is 1. The average Bonchev–Trinajstić information content (AvgIpc) is 2.63. The number of nitrogens with zero attached hydrogens (tertiary/aromatic N) is 2. The van der Waals surface area contributed by atoms with Crippen molar-refractivity contribution in [1.82, 2.24) is 9.88 Å². The third kappa shape index (κ3) is 2.21. The summed E-state index contributed by atoms with van der Waals surface area (Å²) in [6.07, 6.45) is -0.479. The lowest BCUT2D eigenvalue weighted by Gasteiger charge is -2.31. The Labute approximate surface area is 96.1 Å². The first kappa shape index (κ1) is 11.4. The topological polar surface area (TPSA) is 33.2 Å². The predicted molar refractivity (Wildman–Crippen MR) is 56.9 cm³/mol. The second kappa shape index (κ2) is 4.08. The van der Waals surface area contributed by atoms with Crippen LogP contribution in [0.2, 0.25) is 0 Å². The Morgan fingerprint density at radius 1 is 1.50 bits per heavy atom. The van der Waals surface area contributed by atoms with Crippen LogP contribution < -0.4 is 0 Å². The van der Waals surface area contributed by atoms with Crippen LogP contribution in [-0.4, -0.2) is 34.8 Å². The summed E-state index contributed by atoms with van der Waals surface area (Å²) >= 11 is 1.26. The second-order valence-electron chi connectivity index (χ2n) is 3.92. The van der Waals surface area contributed by atoms with Crippen LogP contribution in [0.25, 0.3) is 0 Å². The molecule has 0 atom stereocenters. The minimum atomic E-state index is -2.61. The highest BCUT2D eigenvalue weighted by Crippen LogP contribution is 2.29. The van der Waals surface area contributed by atoms with Crippen molar-refractivity contribution in [2.45, 2.75) is 25.7 Å². The quantitative estimate of drug-likeness (QED) is 0.762. The van der Waals surface area contributed by atoms with Gasteiger partial charge in [-0.1, -0.05) is 0 Å². The molecule has 3 nitrogen and oxygen atoms in total. The lowest BCUT2D eigenvalue weighted by atomic mass is 10.1. The van der Waals surface area contributed by atoms with Gasteiger partial charge in [-0.05, 0) is 6.92 Å². The number of piperidine rings is 1. The van der Waals surface area contributed by atoms with E-state index in [1.54, 1.807) is 12.4 Å². The predicted octanol–water partition coefficient (Wildman–Crippen LogP) is 2.32. The molecule has 1 saturated heterocycles. The first-order valence-electron chi connectivity index (χ1n) is 5.07. The zero-order chi connectivity index (χ0) is 11.8. The summed E-state index contributed by atoms with van der Waals surface area (Å²) < 4.78 is 25.8. The smallest absolute Gasteiger partial charge is 0.265 e. The number of hydrogen-bond acceptors (Lipinski definition) is 3. The van der Waals surface area contributed by atoms with Crippen molar-refractivity contribution < 1.29 is 13.6 Å². The largest absolute Gasteiger partial charge is 0.337 e. The maximum atomic E-state index is 12.9. The van der Waals surface area contributed by atoms with Gasteiger partial charge in [0.25, 0.3) is 11.8 Å². The molecule has 2 heterocycles. The summed E-state index contributed by atoms with van der Waals surface area (Å²) in [6.45, 7) is 2.01. The Morgan fingerprint density at radius 2 is 2.12 bits per heavy atom. The van der Waals surface area contributed by atoms with Crippen molar-refractivity contribution in [3.05, 3.63) is 16.1 Å². The van der Waals surface area contributed by atoms with E-state index in [1.807, 2.05) is 0 Å². The summed E-state index contributed by atoms with van der Waals surface area (Å²) in [7, 11) is 0.